The van der Waals surface area contributed by atoms with E-state index in [1.54, 1.807) is 0 Å². The van der Waals surface area contributed by atoms with Gasteiger partial charge in [-0.1, -0.05) is 138 Å². The summed E-state index contributed by atoms with van der Waals surface area (Å²) in [5, 5.41) is 50.1. The number of carbonyl (C=O) groups excluding carboxylic acids is 2. The van der Waals surface area contributed by atoms with Gasteiger partial charge >= 0.3 is 19.8 Å². The number of hydrogen-bond acceptors (Lipinski definition) is 12. The summed E-state index contributed by atoms with van der Waals surface area (Å²) in [7, 11) is -5.14. The molecule has 0 spiro atoms. The Bertz CT molecular complexity index is 1340. The van der Waals surface area contributed by atoms with E-state index in [4.69, 9.17) is 18.5 Å². The molecule has 0 aromatic heterocycles. The van der Waals surface area contributed by atoms with Gasteiger partial charge in [-0.2, -0.15) is 0 Å². The zero-order valence-electron chi connectivity index (χ0n) is 36.9. The third kappa shape index (κ3) is 29.3. The molecule has 13 nitrogen and oxygen atoms in total. The maximum absolute atomic E-state index is 12.8. The standard InChI is InChI=1S/C47H79O13P/c1-3-5-7-9-11-13-15-17-19-20-22-24-26-28-30-32-34-36-41(49)59-39(38-58-61(55,56)60-47-45(53)43(51)42(50)44(52)46(47)54)37-57-40(48)35-33-31-29-27-25-23-21-18-16-14-12-10-8-6-4-2/h5,7,11,13,17-19,21-22,24,28,30,39,42-47,50-54H,3-4,6,8-10,12,14-16,20,23,25-27,29,31-38H2,1-2H3,(H,55,56)/b7-5+,13-11+,19-17+,21-18+,24-22+,30-28+/t39-,42?,43+,44?,45?,46?,47?/m1/s1. The van der Waals surface area contributed by atoms with Crippen molar-refractivity contribution in [3.63, 3.8) is 0 Å². The van der Waals surface area contributed by atoms with Gasteiger partial charge in [-0.3, -0.25) is 18.6 Å². The summed E-state index contributed by atoms with van der Waals surface area (Å²) >= 11 is 0. The number of allylic oxidation sites excluding steroid dienone is 12. The van der Waals surface area contributed by atoms with E-state index < -0.39 is 75.7 Å². The summed E-state index contributed by atoms with van der Waals surface area (Å²) in [6.07, 6.45) is 32.5. The van der Waals surface area contributed by atoms with Crippen LogP contribution in [0.5, 0.6) is 0 Å². The van der Waals surface area contributed by atoms with Crippen LogP contribution in [0.2, 0.25) is 0 Å². The predicted molar refractivity (Wildman–Crippen MR) is 239 cm³/mol. The molecule has 1 saturated carbocycles. The number of carbonyl (C=O) groups is 2. The lowest BCUT2D eigenvalue weighted by Gasteiger charge is -2.41. The second kappa shape index (κ2) is 36.7. The van der Waals surface area contributed by atoms with Gasteiger partial charge in [0.05, 0.1) is 6.61 Å². The van der Waals surface area contributed by atoms with Crippen molar-refractivity contribution >= 4 is 19.8 Å². The molecular weight excluding hydrogens is 803 g/mol. The van der Waals surface area contributed by atoms with Crippen LogP contribution < -0.4 is 0 Å². The number of phosphoric acid groups is 1. The van der Waals surface area contributed by atoms with Crippen LogP contribution in [0.15, 0.2) is 72.9 Å². The van der Waals surface area contributed by atoms with Gasteiger partial charge in [0.15, 0.2) is 6.10 Å². The molecule has 0 radical (unpaired) electrons. The molecule has 6 N–H and O–H groups in total. The van der Waals surface area contributed by atoms with Crippen LogP contribution in [0, 0.1) is 0 Å². The normalized spacial score (nSPS) is 22.7. The molecule has 0 aromatic carbocycles. The van der Waals surface area contributed by atoms with Crippen LogP contribution in [0.3, 0.4) is 0 Å². The van der Waals surface area contributed by atoms with Crippen molar-refractivity contribution in [2.75, 3.05) is 13.2 Å². The maximum Gasteiger partial charge on any atom is 0.472 e. The quantitative estimate of drug-likeness (QED) is 0.0151. The fourth-order valence-corrected chi connectivity index (χ4v) is 7.35. The minimum atomic E-state index is -5.14. The lowest BCUT2D eigenvalue weighted by atomic mass is 9.85. The van der Waals surface area contributed by atoms with Gasteiger partial charge < -0.3 is 39.9 Å². The molecule has 1 aliphatic carbocycles. The number of ether oxygens (including phenoxy) is 2. The number of hydrogen-bond donors (Lipinski definition) is 6. The summed E-state index contributed by atoms with van der Waals surface area (Å²) in [5.74, 6) is -1.18. The molecule has 1 rings (SSSR count). The van der Waals surface area contributed by atoms with E-state index in [1.807, 2.05) is 12.2 Å². The number of phosphoric ester groups is 1. The molecule has 1 fully saturated rings. The third-order valence-corrected chi connectivity index (χ3v) is 11.0. The molecule has 350 valence electrons. The second-order valence-corrected chi connectivity index (χ2v) is 16.9. The highest BCUT2D eigenvalue weighted by Crippen LogP contribution is 2.47. The Kier molecular flexibility index (Phi) is 33.9. The van der Waals surface area contributed by atoms with Crippen molar-refractivity contribution in [2.24, 2.45) is 0 Å². The lowest BCUT2D eigenvalue weighted by Crippen LogP contribution is -2.64. The average Bonchev–Trinajstić information content (AvgIpc) is 3.24. The fourth-order valence-electron chi connectivity index (χ4n) is 6.37. The molecule has 0 bridgehead atoms. The summed E-state index contributed by atoms with van der Waals surface area (Å²) in [4.78, 5) is 35.7. The summed E-state index contributed by atoms with van der Waals surface area (Å²) < 4.78 is 33.4. The van der Waals surface area contributed by atoms with E-state index in [9.17, 15) is 44.6 Å². The van der Waals surface area contributed by atoms with E-state index in [0.29, 0.717) is 19.3 Å². The number of aliphatic hydroxyl groups excluding tert-OH is 5. The van der Waals surface area contributed by atoms with Gasteiger partial charge in [-0.25, -0.2) is 4.57 Å². The zero-order valence-corrected chi connectivity index (χ0v) is 37.8. The topological polar surface area (TPSA) is 210 Å². The molecule has 0 amide bonds. The van der Waals surface area contributed by atoms with Gasteiger partial charge in [0.25, 0.3) is 0 Å². The minimum absolute atomic E-state index is 0.0134. The molecule has 0 aromatic rings. The molecule has 8 atom stereocenters. The van der Waals surface area contributed by atoms with E-state index in [1.165, 1.54) is 38.5 Å². The molecule has 0 saturated heterocycles. The maximum atomic E-state index is 12.8. The van der Waals surface area contributed by atoms with Crippen molar-refractivity contribution in [2.45, 2.75) is 198 Å². The van der Waals surface area contributed by atoms with Crippen molar-refractivity contribution in [3.05, 3.63) is 72.9 Å². The SMILES string of the molecule is CC/C=C/C/C=C/C/C=C/C/C=C/C/C=C/CCCC(=O)O[C@H](COC(=O)CCCCCCC/C=C/CCCCCCCC)COP(=O)(O)OC1C(O)C(O)C(O)[C@H](O)C1O. The molecule has 6 unspecified atom stereocenters. The molecule has 14 heteroatoms. The molecule has 0 aliphatic heterocycles. The minimum Gasteiger partial charge on any atom is -0.462 e. The Morgan fingerprint density at radius 3 is 1.49 bits per heavy atom. The Balaban J connectivity index is 2.53. The number of aliphatic hydroxyl groups is 5. The first kappa shape index (κ1) is 56.3. The summed E-state index contributed by atoms with van der Waals surface area (Å²) in [6, 6.07) is 0. The summed E-state index contributed by atoms with van der Waals surface area (Å²) in [5.41, 5.74) is 0. The first-order chi connectivity index (χ1) is 29.4. The Morgan fingerprint density at radius 2 is 0.951 bits per heavy atom. The van der Waals surface area contributed by atoms with Crippen LogP contribution >= 0.6 is 7.82 Å². The number of esters is 2. The van der Waals surface area contributed by atoms with Crippen LogP contribution in [-0.2, 0) is 32.7 Å². The molecule has 0 heterocycles. The van der Waals surface area contributed by atoms with E-state index in [0.717, 1.165) is 70.6 Å². The Morgan fingerprint density at radius 1 is 0.525 bits per heavy atom. The monoisotopic (exact) mass is 883 g/mol. The zero-order chi connectivity index (χ0) is 45.0. The molecule has 61 heavy (non-hydrogen) atoms. The van der Waals surface area contributed by atoms with E-state index in [-0.39, 0.29) is 12.8 Å². The molecule has 1 aliphatic rings. The van der Waals surface area contributed by atoms with Gasteiger partial charge in [-0.15, -0.1) is 0 Å². The van der Waals surface area contributed by atoms with Crippen LogP contribution in [0.25, 0.3) is 0 Å². The van der Waals surface area contributed by atoms with Crippen molar-refractivity contribution in [1.29, 1.82) is 0 Å². The first-order valence-electron chi connectivity index (χ1n) is 22.7. The Hall–Kier alpha value is -2.71. The largest absolute Gasteiger partial charge is 0.472 e. The van der Waals surface area contributed by atoms with Gasteiger partial charge in [-0.05, 0) is 77.0 Å². The first-order valence-corrected chi connectivity index (χ1v) is 24.2. The predicted octanol–water partition coefficient (Wildman–Crippen LogP) is 8.72. The average molecular weight is 883 g/mol. The third-order valence-electron chi connectivity index (χ3n) is 10.0. The fraction of sp³-hybridized carbons (Fsp3) is 0.702. The highest BCUT2D eigenvalue weighted by Gasteiger charge is 2.51. The van der Waals surface area contributed by atoms with Crippen LogP contribution in [0.1, 0.15) is 155 Å². The van der Waals surface area contributed by atoms with Crippen molar-refractivity contribution in [3.8, 4) is 0 Å². The van der Waals surface area contributed by atoms with Crippen molar-refractivity contribution < 1.29 is 63.1 Å². The van der Waals surface area contributed by atoms with Crippen molar-refractivity contribution in [1.82, 2.24) is 0 Å². The molecular formula is C47H79O13P. The van der Waals surface area contributed by atoms with Crippen LogP contribution in [-0.4, -0.2) is 98.3 Å². The van der Waals surface area contributed by atoms with E-state index >= 15 is 0 Å². The second-order valence-electron chi connectivity index (χ2n) is 15.5. The van der Waals surface area contributed by atoms with Gasteiger partial charge in [0.2, 0.25) is 0 Å². The van der Waals surface area contributed by atoms with Gasteiger partial charge in [0.1, 0.15) is 43.2 Å². The Labute approximate surface area is 365 Å². The summed E-state index contributed by atoms with van der Waals surface area (Å²) in [6.45, 7) is 3.11. The lowest BCUT2D eigenvalue weighted by molar-refractivity contribution is -0.220. The number of rotatable bonds is 36. The smallest absolute Gasteiger partial charge is 0.462 e. The number of unbranched alkanes of at least 4 members (excludes halogenated alkanes) is 12. The highest BCUT2D eigenvalue weighted by molar-refractivity contribution is 7.47. The highest BCUT2D eigenvalue weighted by atomic mass is 31.2. The van der Waals surface area contributed by atoms with Gasteiger partial charge in [0, 0.05) is 12.8 Å². The van der Waals surface area contributed by atoms with E-state index in [2.05, 4.69) is 74.6 Å². The van der Waals surface area contributed by atoms with Crippen LogP contribution in [0.4, 0.5) is 0 Å².